The maximum absolute atomic E-state index is 13.5. The van der Waals surface area contributed by atoms with Crippen LogP contribution in [0.5, 0.6) is 0 Å². The Bertz CT molecular complexity index is 1120. The Morgan fingerprint density at radius 2 is 1.64 bits per heavy atom. The van der Waals surface area contributed by atoms with Gasteiger partial charge in [-0.25, -0.2) is 8.42 Å². The third-order valence-corrected chi connectivity index (χ3v) is 7.50. The second kappa shape index (κ2) is 13.4. The number of rotatable bonds is 13. The van der Waals surface area contributed by atoms with Gasteiger partial charge in [0.25, 0.3) is 0 Å². The number of hydrogen-bond donors (Lipinski definition) is 1. The van der Waals surface area contributed by atoms with Gasteiger partial charge in [0.1, 0.15) is 6.04 Å². The molecule has 0 aromatic heterocycles. The molecule has 2 aromatic rings. The fraction of sp³-hybridized carbons (Fsp3) is 0.500. The zero-order valence-electron chi connectivity index (χ0n) is 22.5. The molecule has 0 unspecified atom stereocenters. The molecule has 0 aliphatic carbocycles. The summed E-state index contributed by atoms with van der Waals surface area (Å²) in [5.41, 5.74) is 3.61. The second-order valence-electron chi connectivity index (χ2n) is 9.53. The van der Waals surface area contributed by atoms with Crippen molar-refractivity contribution in [2.45, 2.75) is 78.9 Å². The van der Waals surface area contributed by atoms with Gasteiger partial charge in [0, 0.05) is 25.6 Å². The van der Waals surface area contributed by atoms with Gasteiger partial charge < -0.3 is 10.2 Å². The van der Waals surface area contributed by atoms with Crippen LogP contribution < -0.4 is 9.62 Å². The molecule has 0 saturated carbocycles. The lowest BCUT2D eigenvalue weighted by atomic mass is 10.1. The minimum absolute atomic E-state index is 0.0144. The topological polar surface area (TPSA) is 86.8 Å². The van der Waals surface area contributed by atoms with Crippen LogP contribution in [0.15, 0.2) is 48.5 Å². The number of nitrogens with one attached hydrogen (secondary N) is 1. The van der Waals surface area contributed by atoms with E-state index in [9.17, 15) is 18.0 Å². The predicted molar refractivity (Wildman–Crippen MR) is 146 cm³/mol. The first-order chi connectivity index (χ1) is 17.0. The van der Waals surface area contributed by atoms with Crippen molar-refractivity contribution in [1.29, 1.82) is 0 Å². The average molecular weight is 516 g/mol. The summed E-state index contributed by atoms with van der Waals surface area (Å²) in [6.45, 7) is 10.3. The van der Waals surface area contributed by atoms with E-state index in [0.717, 1.165) is 23.1 Å². The molecular formula is C28H41N3O4S. The molecule has 0 bridgehead atoms. The van der Waals surface area contributed by atoms with Gasteiger partial charge in [-0.3, -0.25) is 13.9 Å². The van der Waals surface area contributed by atoms with E-state index >= 15 is 0 Å². The van der Waals surface area contributed by atoms with Crippen LogP contribution in [-0.4, -0.2) is 50.0 Å². The number of benzene rings is 2. The van der Waals surface area contributed by atoms with Crippen LogP contribution in [0, 0.1) is 13.8 Å². The first-order valence-electron chi connectivity index (χ1n) is 12.7. The van der Waals surface area contributed by atoms with Crippen LogP contribution in [0.25, 0.3) is 0 Å². The van der Waals surface area contributed by atoms with Crippen LogP contribution in [-0.2, 0) is 26.2 Å². The first-order valence-corrected chi connectivity index (χ1v) is 14.5. The first kappa shape index (κ1) is 29.4. The third-order valence-electron chi connectivity index (χ3n) is 6.30. The van der Waals surface area contributed by atoms with Crippen molar-refractivity contribution in [3.05, 3.63) is 65.2 Å². The van der Waals surface area contributed by atoms with Crippen LogP contribution in [0.4, 0.5) is 5.69 Å². The fourth-order valence-corrected chi connectivity index (χ4v) is 5.00. The Labute approximate surface area is 216 Å². The average Bonchev–Trinajstić information content (AvgIpc) is 2.81. The molecule has 0 aliphatic heterocycles. The van der Waals surface area contributed by atoms with Crippen molar-refractivity contribution in [2.75, 3.05) is 17.1 Å². The number of carbonyl (C=O) groups is 2. The lowest BCUT2D eigenvalue weighted by Crippen LogP contribution is -2.50. The number of anilines is 1. The summed E-state index contributed by atoms with van der Waals surface area (Å²) in [4.78, 5) is 28.2. The monoisotopic (exact) mass is 515 g/mol. The lowest BCUT2D eigenvalue weighted by Gasteiger charge is -2.32. The van der Waals surface area contributed by atoms with E-state index in [1.165, 1.54) is 10.6 Å². The summed E-state index contributed by atoms with van der Waals surface area (Å²) >= 11 is 0. The highest BCUT2D eigenvalue weighted by atomic mass is 32.2. The summed E-state index contributed by atoms with van der Waals surface area (Å²) in [7, 11) is -3.51. The van der Waals surface area contributed by atoms with Crippen LogP contribution in [0.3, 0.4) is 0 Å². The summed E-state index contributed by atoms with van der Waals surface area (Å²) in [6.07, 6.45) is 2.94. The van der Waals surface area contributed by atoms with Crippen molar-refractivity contribution in [3.63, 3.8) is 0 Å². The van der Waals surface area contributed by atoms with E-state index in [-0.39, 0.29) is 30.8 Å². The zero-order valence-corrected chi connectivity index (χ0v) is 23.3. The second-order valence-corrected chi connectivity index (χ2v) is 11.4. The Balaban J connectivity index is 2.22. The molecule has 1 N–H and O–H groups in total. The maximum Gasteiger partial charge on any atom is 0.243 e. The van der Waals surface area contributed by atoms with Gasteiger partial charge in [0.2, 0.25) is 21.8 Å². The van der Waals surface area contributed by atoms with Gasteiger partial charge in [-0.05, 0) is 63.3 Å². The molecule has 0 fully saturated rings. The van der Waals surface area contributed by atoms with Crippen LogP contribution in [0.1, 0.15) is 63.1 Å². The normalized spacial score (nSPS) is 13.1. The molecule has 198 valence electrons. The van der Waals surface area contributed by atoms with Gasteiger partial charge in [0.15, 0.2) is 0 Å². The number of nitrogens with zero attached hydrogens (tertiary/aromatic N) is 2. The minimum Gasteiger partial charge on any atom is -0.352 e. The highest BCUT2D eigenvalue weighted by Crippen LogP contribution is 2.21. The summed E-state index contributed by atoms with van der Waals surface area (Å²) < 4.78 is 26.3. The molecule has 2 rings (SSSR count). The zero-order chi connectivity index (χ0) is 26.9. The molecule has 2 amide bonds. The SMILES string of the molecule is CC[C@H](C)NC(=O)[C@H](CC)N(Cc1ccc(C)cc1)C(=O)CCCN(c1cccc(C)c1)S(C)(=O)=O. The molecule has 2 atom stereocenters. The van der Waals surface area contributed by atoms with Gasteiger partial charge in [-0.2, -0.15) is 0 Å². The predicted octanol–water partition coefficient (Wildman–Crippen LogP) is 4.57. The lowest BCUT2D eigenvalue weighted by molar-refractivity contribution is -0.141. The summed E-state index contributed by atoms with van der Waals surface area (Å²) in [5, 5.41) is 3.01. The molecule has 8 heteroatoms. The smallest absolute Gasteiger partial charge is 0.243 e. The molecule has 7 nitrogen and oxygen atoms in total. The third kappa shape index (κ3) is 8.66. The van der Waals surface area contributed by atoms with Crippen molar-refractivity contribution < 1.29 is 18.0 Å². The highest BCUT2D eigenvalue weighted by Gasteiger charge is 2.29. The molecule has 0 spiro atoms. The minimum atomic E-state index is -3.51. The van der Waals surface area contributed by atoms with Gasteiger partial charge in [-0.15, -0.1) is 0 Å². The van der Waals surface area contributed by atoms with E-state index in [0.29, 0.717) is 25.1 Å². The molecule has 0 saturated heterocycles. The summed E-state index contributed by atoms with van der Waals surface area (Å²) in [6, 6.07) is 14.6. The Morgan fingerprint density at radius 3 is 2.19 bits per heavy atom. The van der Waals surface area contributed by atoms with E-state index in [1.807, 2.05) is 77.1 Å². The van der Waals surface area contributed by atoms with E-state index in [2.05, 4.69) is 5.32 Å². The van der Waals surface area contributed by atoms with Crippen LogP contribution in [0.2, 0.25) is 0 Å². The molecular weight excluding hydrogens is 474 g/mol. The highest BCUT2D eigenvalue weighted by molar-refractivity contribution is 7.92. The van der Waals surface area contributed by atoms with Gasteiger partial charge in [-0.1, -0.05) is 55.8 Å². The molecule has 0 heterocycles. The number of aryl methyl sites for hydroxylation is 2. The van der Waals surface area contributed by atoms with Crippen molar-refractivity contribution >= 4 is 27.5 Å². The van der Waals surface area contributed by atoms with Crippen molar-refractivity contribution in [2.24, 2.45) is 0 Å². The quantitative estimate of drug-likeness (QED) is 0.423. The number of amides is 2. The van der Waals surface area contributed by atoms with E-state index < -0.39 is 16.1 Å². The number of sulfonamides is 1. The summed E-state index contributed by atoms with van der Waals surface area (Å²) in [5.74, 6) is -0.329. The van der Waals surface area contributed by atoms with E-state index in [1.54, 1.807) is 11.0 Å². The van der Waals surface area contributed by atoms with E-state index in [4.69, 9.17) is 0 Å². The number of hydrogen-bond acceptors (Lipinski definition) is 4. The van der Waals surface area contributed by atoms with Gasteiger partial charge >= 0.3 is 0 Å². The van der Waals surface area contributed by atoms with Crippen molar-refractivity contribution in [1.82, 2.24) is 10.2 Å². The number of carbonyl (C=O) groups excluding carboxylic acids is 2. The molecule has 36 heavy (non-hydrogen) atoms. The molecule has 0 aliphatic rings. The Morgan fingerprint density at radius 1 is 0.972 bits per heavy atom. The van der Waals surface area contributed by atoms with Crippen molar-refractivity contribution in [3.8, 4) is 0 Å². The van der Waals surface area contributed by atoms with Crippen LogP contribution >= 0.6 is 0 Å². The molecule has 2 aromatic carbocycles. The molecule has 0 radical (unpaired) electrons. The fourth-order valence-electron chi connectivity index (χ4n) is 4.04. The Kier molecular flexibility index (Phi) is 11.0. The largest absolute Gasteiger partial charge is 0.352 e. The van der Waals surface area contributed by atoms with Gasteiger partial charge in [0.05, 0.1) is 11.9 Å². The Hall–Kier alpha value is -2.87. The maximum atomic E-state index is 13.5. The standard InChI is InChI=1S/C28H41N3O4S/c1-7-23(5)29-28(33)26(8-2)30(20-24-16-14-21(3)15-17-24)27(32)13-10-18-31(36(6,34)35)25-12-9-11-22(4)19-25/h9,11-12,14-17,19,23,26H,7-8,10,13,18,20H2,1-6H3,(H,29,33)/t23-,26-/m0/s1.